The number of nitrogens with zero attached hydrogens (tertiary/aromatic N) is 2. The van der Waals surface area contributed by atoms with E-state index in [1.165, 1.54) is 6.42 Å². The number of nitrogen functional groups attached to an aromatic ring is 1. The molecule has 1 aliphatic rings. The number of rotatable bonds is 3. The minimum atomic E-state index is 0.0576. The smallest absolute Gasteiger partial charge is 0.142 e. The Labute approximate surface area is 115 Å². The van der Waals surface area contributed by atoms with Gasteiger partial charge in [0.25, 0.3) is 0 Å². The minimum absolute atomic E-state index is 0.0576. The molecule has 1 fully saturated rings. The van der Waals surface area contributed by atoms with Crippen LogP contribution >= 0.6 is 0 Å². The van der Waals surface area contributed by atoms with Crippen LogP contribution in [-0.4, -0.2) is 28.8 Å². The fraction of sp³-hybridized carbons (Fsp3) is 0.600. The fourth-order valence-electron chi connectivity index (χ4n) is 2.73. The lowest BCUT2D eigenvalue weighted by molar-refractivity contribution is 0.226. The Balaban J connectivity index is 2.06. The van der Waals surface area contributed by atoms with E-state index in [0.717, 1.165) is 31.1 Å². The summed E-state index contributed by atoms with van der Waals surface area (Å²) in [5.41, 5.74) is 7.64. The van der Waals surface area contributed by atoms with Crippen molar-refractivity contribution in [2.75, 3.05) is 13.1 Å². The molecular weight excluding hydrogens is 236 g/mol. The van der Waals surface area contributed by atoms with E-state index in [9.17, 15) is 0 Å². The first kappa shape index (κ1) is 14.0. The molecule has 0 aliphatic carbocycles. The topological polar surface area (TPSA) is 66.0 Å². The van der Waals surface area contributed by atoms with Gasteiger partial charge in [-0.2, -0.15) is 0 Å². The lowest BCUT2D eigenvalue weighted by Crippen LogP contribution is -2.27. The molecule has 3 N–H and O–H groups in total. The largest absolute Gasteiger partial charge is 0.382 e. The predicted octanol–water partition coefficient (Wildman–Crippen LogP) is 2.23. The van der Waals surface area contributed by atoms with Gasteiger partial charge in [-0.15, -0.1) is 0 Å². The highest BCUT2D eigenvalue weighted by Gasteiger charge is 2.31. The standard InChI is InChI=1S/C15H24N4/c1-15(2,3)12-6-8-19(10-12)9-11-5-4-7-18-13(11)14(16)17/h4-5,7,12H,6,8-10H2,1-3H3,(H3,16,17). The zero-order chi connectivity index (χ0) is 14.0. The van der Waals surface area contributed by atoms with Gasteiger partial charge in [-0.25, -0.2) is 0 Å². The third-order valence-electron chi connectivity index (χ3n) is 4.04. The summed E-state index contributed by atoms with van der Waals surface area (Å²) in [6.07, 6.45) is 2.95. The molecule has 104 valence electrons. The fourth-order valence-corrected chi connectivity index (χ4v) is 2.73. The summed E-state index contributed by atoms with van der Waals surface area (Å²) in [6.45, 7) is 10.0. The van der Waals surface area contributed by atoms with Crippen molar-refractivity contribution in [3.05, 3.63) is 29.6 Å². The maximum Gasteiger partial charge on any atom is 0.142 e. The number of pyridine rings is 1. The van der Waals surface area contributed by atoms with Crippen LogP contribution in [0.3, 0.4) is 0 Å². The number of aromatic nitrogens is 1. The molecule has 1 aromatic heterocycles. The highest BCUT2D eigenvalue weighted by Crippen LogP contribution is 2.34. The average molecular weight is 260 g/mol. The number of nitrogens with two attached hydrogens (primary N) is 1. The zero-order valence-corrected chi connectivity index (χ0v) is 12.1. The maximum atomic E-state index is 7.59. The summed E-state index contributed by atoms with van der Waals surface area (Å²) < 4.78 is 0. The molecule has 0 bridgehead atoms. The van der Waals surface area contributed by atoms with Crippen LogP contribution in [0.2, 0.25) is 0 Å². The van der Waals surface area contributed by atoms with Gasteiger partial charge in [0.1, 0.15) is 11.5 Å². The third-order valence-corrected chi connectivity index (χ3v) is 4.04. The predicted molar refractivity (Wildman–Crippen MR) is 78.1 cm³/mol. The zero-order valence-electron chi connectivity index (χ0n) is 12.1. The molecule has 0 aromatic carbocycles. The first-order chi connectivity index (χ1) is 8.88. The van der Waals surface area contributed by atoms with Crippen LogP contribution in [0.15, 0.2) is 18.3 Å². The molecule has 1 atom stereocenters. The SMILES string of the molecule is CC(C)(C)C1CCN(Cc2cccnc2C(=N)N)C1. The van der Waals surface area contributed by atoms with Crippen molar-refractivity contribution < 1.29 is 0 Å². The van der Waals surface area contributed by atoms with Gasteiger partial charge in [-0.05, 0) is 35.9 Å². The Kier molecular flexibility index (Phi) is 3.90. The van der Waals surface area contributed by atoms with Gasteiger partial charge in [-0.3, -0.25) is 15.3 Å². The van der Waals surface area contributed by atoms with Crippen LogP contribution in [0.25, 0.3) is 0 Å². The number of hydrogen-bond acceptors (Lipinski definition) is 3. The quantitative estimate of drug-likeness (QED) is 0.647. The van der Waals surface area contributed by atoms with Crippen LogP contribution in [0.5, 0.6) is 0 Å². The van der Waals surface area contributed by atoms with E-state index >= 15 is 0 Å². The summed E-state index contributed by atoms with van der Waals surface area (Å²) >= 11 is 0. The van der Waals surface area contributed by atoms with Crippen molar-refractivity contribution in [1.82, 2.24) is 9.88 Å². The Morgan fingerprint density at radius 2 is 2.26 bits per heavy atom. The highest BCUT2D eigenvalue weighted by molar-refractivity contribution is 5.94. The molecule has 0 amide bonds. The second-order valence-electron chi connectivity index (χ2n) is 6.51. The average Bonchev–Trinajstić information content (AvgIpc) is 2.77. The molecule has 1 aliphatic heterocycles. The van der Waals surface area contributed by atoms with Crippen molar-refractivity contribution in [3.63, 3.8) is 0 Å². The van der Waals surface area contributed by atoms with Crippen LogP contribution in [0, 0.1) is 16.7 Å². The van der Waals surface area contributed by atoms with Gasteiger partial charge >= 0.3 is 0 Å². The van der Waals surface area contributed by atoms with Crippen molar-refractivity contribution in [1.29, 1.82) is 5.41 Å². The van der Waals surface area contributed by atoms with E-state index in [4.69, 9.17) is 11.1 Å². The second-order valence-corrected chi connectivity index (χ2v) is 6.51. The molecule has 0 radical (unpaired) electrons. The minimum Gasteiger partial charge on any atom is -0.382 e. The molecule has 4 heteroatoms. The lowest BCUT2D eigenvalue weighted by Gasteiger charge is -2.27. The van der Waals surface area contributed by atoms with Crippen LogP contribution < -0.4 is 5.73 Å². The van der Waals surface area contributed by atoms with E-state index in [1.807, 2.05) is 12.1 Å². The second kappa shape index (κ2) is 5.29. The van der Waals surface area contributed by atoms with E-state index in [1.54, 1.807) is 6.20 Å². The highest BCUT2D eigenvalue weighted by atomic mass is 15.1. The molecule has 0 saturated carbocycles. The van der Waals surface area contributed by atoms with Gasteiger partial charge in [0.05, 0.1) is 0 Å². The van der Waals surface area contributed by atoms with E-state index in [2.05, 4.69) is 30.7 Å². The van der Waals surface area contributed by atoms with Crippen molar-refractivity contribution in [3.8, 4) is 0 Å². The van der Waals surface area contributed by atoms with Crippen LogP contribution in [0.1, 0.15) is 38.4 Å². The van der Waals surface area contributed by atoms with Gasteiger partial charge < -0.3 is 5.73 Å². The van der Waals surface area contributed by atoms with Gasteiger partial charge in [0.2, 0.25) is 0 Å². The molecule has 2 heterocycles. The van der Waals surface area contributed by atoms with Gasteiger partial charge in [-0.1, -0.05) is 26.8 Å². The van der Waals surface area contributed by atoms with E-state index < -0.39 is 0 Å². The monoisotopic (exact) mass is 260 g/mol. The Morgan fingerprint density at radius 1 is 1.53 bits per heavy atom. The molecule has 1 saturated heterocycles. The number of nitrogens with one attached hydrogen (secondary N) is 1. The molecule has 2 rings (SSSR count). The number of amidine groups is 1. The van der Waals surface area contributed by atoms with Crippen molar-refractivity contribution in [2.24, 2.45) is 17.1 Å². The normalized spacial score (nSPS) is 20.7. The molecule has 19 heavy (non-hydrogen) atoms. The Bertz CT molecular complexity index is 461. The molecule has 4 nitrogen and oxygen atoms in total. The molecule has 1 unspecified atom stereocenters. The molecule has 1 aromatic rings. The van der Waals surface area contributed by atoms with Gasteiger partial charge in [0.15, 0.2) is 0 Å². The number of hydrogen-bond donors (Lipinski definition) is 2. The number of likely N-dealkylation sites (tertiary alicyclic amines) is 1. The Morgan fingerprint density at radius 3 is 2.84 bits per heavy atom. The Hall–Kier alpha value is -1.42. The summed E-state index contributed by atoms with van der Waals surface area (Å²) in [5, 5.41) is 7.59. The van der Waals surface area contributed by atoms with Crippen molar-refractivity contribution >= 4 is 5.84 Å². The first-order valence-electron chi connectivity index (χ1n) is 6.88. The van der Waals surface area contributed by atoms with Crippen LogP contribution in [-0.2, 0) is 6.54 Å². The summed E-state index contributed by atoms with van der Waals surface area (Å²) in [4.78, 5) is 6.66. The van der Waals surface area contributed by atoms with E-state index in [0.29, 0.717) is 11.1 Å². The molecule has 0 spiro atoms. The van der Waals surface area contributed by atoms with Crippen LogP contribution in [0.4, 0.5) is 0 Å². The summed E-state index contributed by atoms with van der Waals surface area (Å²) in [5.74, 6) is 0.798. The van der Waals surface area contributed by atoms with Crippen molar-refractivity contribution in [2.45, 2.75) is 33.7 Å². The summed E-state index contributed by atoms with van der Waals surface area (Å²) in [6, 6.07) is 3.94. The lowest BCUT2D eigenvalue weighted by atomic mass is 9.80. The first-order valence-corrected chi connectivity index (χ1v) is 6.88. The summed E-state index contributed by atoms with van der Waals surface area (Å²) in [7, 11) is 0. The van der Waals surface area contributed by atoms with E-state index in [-0.39, 0.29) is 5.84 Å². The maximum absolute atomic E-state index is 7.59. The van der Waals surface area contributed by atoms with Gasteiger partial charge in [0, 0.05) is 19.3 Å². The third kappa shape index (κ3) is 3.32. The molecular formula is C15H24N4.